The molecule has 114 valence electrons. The van der Waals surface area contributed by atoms with Gasteiger partial charge in [0.2, 0.25) is 0 Å². The molecule has 0 spiro atoms. The van der Waals surface area contributed by atoms with Crippen molar-refractivity contribution in [2.45, 2.75) is 47.1 Å². The summed E-state index contributed by atoms with van der Waals surface area (Å²) in [4.78, 5) is 5.26. The SMILES string of the molecule is CCCNC(CN1CCN(CC(C)C)CC1)C(C)C. The molecule has 0 amide bonds. The van der Waals surface area contributed by atoms with Crippen molar-refractivity contribution in [1.82, 2.24) is 15.1 Å². The van der Waals surface area contributed by atoms with E-state index >= 15 is 0 Å². The van der Waals surface area contributed by atoms with Gasteiger partial charge in [-0.1, -0.05) is 34.6 Å². The first-order valence-corrected chi connectivity index (χ1v) is 8.21. The summed E-state index contributed by atoms with van der Waals surface area (Å²) in [5, 5.41) is 3.70. The lowest BCUT2D eigenvalue weighted by Crippen LogP contribution is -2.52. The molecule has 0 radical (unpaired) electrons. The van der Waals surface area contributed by atoms with Crippen molar-refractivity contribution in [2.75, 3.05) is 45.8 Å². The Morgan fingerprint density at radius 2 is 1.42 bits per heavy atom. The zero-order valence-electron chi connectivity index (χ0n) is 13.8. The van der Waals surface area contributed by atoms with E-state index < -0.39 is 0 Å². The molecular formula is C16H35N3. The van der Waals surface area contributed by atoms with Crippen molar-refractivity contribution < 1.29 is 0 Å². The monoisotopic (exact) mass is 269 g/mol. The van der Waals surface area contributed by atoms with Crippen LogP contribution in [0.4, 0.5) is 0 Å². The standard InChI is InChI=1S/C16H35N3/c1-6-7-17-16(15(4)5)13-19-10-8-18(9-11-19)12-14(2)3/h14-17H,6-13H2,1-5H3. The zero-order chi connectivity index (χ0) is 14.3. The van der Waals surface area contributed by atoms with Crippen LogP contribution in [0.1, 0.15) is 41.0 Å². The Kier molecular flexibility index (Phi) is 7.96. The summed E-state index contributed by atoms with van der Waals surface area (Å²) in [5.41, 5.74) is 0. The summed E-state index contributed by atoms with van der Waals surface area (Å²) in [5.74, 6) is 1.52. The first-order valence-electron chi connectivity index (χ1n) is 8.21. The lowest BCUT2D eigenvalue weighted by molar-refractivity contribution is 0.108. The van der Waals surface area contributed by atoms with Gasteiger partial charge in [-0.3, -0.25) is 4.90 Å². The van der Waals surface area contributed by atoms with Crippen LogP contribution in [0.2, 0.25) is 0 Å². The predicted octanol–water partition coefficient (Wildman–Crippen LogP) is 2.28. The fourth-order valence-electron chi connectivity index (χ4n) is 2.79. The highest BCUT2D eigenvalue weighted by Crippen LogP contribution is 2.09. The normalized spacial score (nSPS) is 20.4. The van der Waals surface area contributed by atoms with Gasteiger partial charge in [0.1, 0.15) is 0 Å². The van der Waals surface area contributed by atoms with Gasteiger partial charge >= 0.3 is 0 Å². The molecule has 1 aliphatic heterocycles. The zero-order valence-corrected chi connectivity index (χ0v) is 13.8. The average Bonchev–Trinajstić information content (AvgIpc) is 2.35. The van der Waals surface area contributed by atoms with Crippen molar-refractivity contribution >= 4 is 0 Å². The van der Waals surface area contributed by atoms with Crippen LogP contribution in [0.3, 0.4) is 0 Å². The molecule has 1 rings (SSSR count). The molecule has 1 unspecified atom stereocenters. The van der Waals surface area contributed by atoms with Crippen LogP contribution in [0.15, 0.2) is 0 Å². The molecule has 0 saturated carbocycles. The van der Waals surface area contributed by atoms with Crippen LogP contribution in [-0.4, -0.2) is 61.7 Å². The van der Waals surface area contributed by atoms with E-state index in [0.29, 0.717) is 6.04 Å². The topological polar surface area (TPSA) is 18.5 Å². The van der Waals surface area contributed by atoms with Crippen molar-refractivity contribution in [1.29, 1.82) is 0 Å². The quantitative estimate of drug-likeness (QED) is 0.729. The lowest BCUT2D eigenvalue weighted by atomic mass is 10.0. The molecule has 3 nitrogen and oxygen atoms in total. The highest BCUT2D eigenvalue weighted by atomic mass is 15.3. The number of nitrogens with one attached hydrogen (secondary N) is 1. The van der Waals surface area contributed by atoms with Gasteiger partial charge in [0.25, 0.3) is 0 Å². The smallest absolute Gasteiger partial charge is 0.0217 e. The summed E-state index contributed by atoms with van der Waals surface area (Å²) in [7, 11) is 0. The molecule has 1 N–H and O–H groups in total. The molecule has 0 aromatic heterocycles. The van der Waals surface area contributed by atoms with Crippen molar-refractivity contribution in [3.8, 4) is 0 Å². The maximum atomic E-state index is 3.70. The minimum Gasteiger partial charge on any atom is -0.312 e. The third kappa shape index (κ3) is 6.73. The van der Waals surface area contributed by atoms with Crippen LogP contribution >= 0.6 is 0 Å². The highest BCUT2D eigenvalue weighted by molar-refractivity contribution is 4.79. The van der Waals surface area contributed by atoms with Crippen LogP contribution in [0.5, 0.6) is 0 Å². The van der Waals surface area contributed by atoms with E-state index in [1.165, 1.54) is 45.7 Å². The third-order valence-electron chi connectivity index (χ3n) is 4.00. The van der Waals surface area contributed by atoms with E-state index in [1.807, 2.05) is 0 Å². The lowest BCUT2D eigenvalue weighted by Gasteiger charge is -2.38. The summed E-state index contributed by atoms with van der Waals surface area (Å²) in [6.07, 6.45) is 1.23. The summed E-state index contributed by atoms with van der Waals surface area (Å²) in [6, 6.07) is 0.650. The van der Waals surface area contributed by atoms with Crippen LogP contribution in [-0.2, 0) is 0 Å². The first-order chi connectivity index (χ1) is 9.02. The van der Waals surface area contributed by atoms with Gasteiger partial charge in [-0.25, -0.2) is 0 Å². The largest absolute Gasteiger partial charge is 0.312 e. The van der Waals surface area contributed by atoms with Crippen molar-refractivity contribution in [3.05, 3.63) is 0 Å². The molecule has 1 saturated heterocycles. The first kappa shape index (κ1) is 16.9. The summed E-state index contributed by atoms with van der Waals surface area (Å²) in [6.45, 7) is 20.1. The van der Waals surface area contributed by atoms with Crippen molar-refractivity contribution in [2.24, 2.45) is 11.8 Å². The van der Waals surface area contributed by atoms with E-state index in [0.717, 1.165) is 18.4 Å². The van der Waals surface area contributed by atoms with Gasteiger partial charge in [-0.2, -0.15) is 0 Å². The van der Waals surface area contributed by atoms with Crippen molar-refractivity contribution in [3.63, 3.8) is 0 Å². The summed E-state index contributed by atoms with van der Waals surface area (Å²) >= 11 is 0. The number of hydrogen-bond acceptors (Lipinski definition) is 3. The Balaban J connectivity index is 2.29. The fourth-order valence-corrected chi connectivity index (χ4v) is 2.79. The third-order valence-corrected chi connectivity index (χ3v) is 4.00. The molecule has 3 heteroatoms. The number of nitrogens with zero attached hydrogens (tertiary/aromatic N) is 2. The fraction of sp³-hybridized carbons (Fsp3) is 1.00. The maximum absolute atomic E-state index is 3.70. The minimum atomic E-state index is 0.650. The second-order valence-electron chi connectivity index (χ2n) is 6.80. The van der Waals surface area contributed by atoms with E-state index in [1.54, 1.807) is 0 Å². The van der Waals surface area contributed by atoms with Gasteiger partial charge in [0.05, 0.1) is 0 Å². The van der Waals surface area contributed by atoms with Crippen LogP contribution in [0, 0.1) is 11.8 Å². The second-order valence-corrected chi connectivity index (χ2v) is 6.80. The molecule has 1 aliphatic rings. The highest BCUT2D eigenvalue weighted by Gasteiger charge is 2.21. The minimum absolute atomic E-state index is 0.650. The van der Waals surface area contributed by atoms with Crippen LogP contribution < -0.4 is 5.32 Å². The molecule has 0 aliphatic carbocycles. The molecule has 1 fully saturated rings. The summed E-state index contributed by atoms with van der Waals surface area (Å²) < 4.78 is 0. The second kappa shape index (κ2) is 8.93. The van der Waals surface area contributed by atoms with Gasteiger partial charge in [-0.05, 0) is 24.8 Å². The Labute approximate surface area is 120 Å². The Morgan fingerprint density at radius 3 is 1.84 bits per heavy atom. The number of piperazine rings is 1. The Morgan fingerprint density at radius 1 is 0.895 bits per heavy atom. The van der Waals surface area contributed by atoms with Gasteiger partial charge in [0.15, 0.2) is 0 Å². The van der Waals surface area contributed by atoms with E-state index in [4.69, 9.17) is 0 Å². The average molecular weight is 269 g/mol. The molecular weight excluding hydrogens is 234 g/mol. The number of rotatable bonds is 8. The predicted molar refractivity (Wildman–Crippen MR) is 84.6 cm³/mol. The van der Waals surface area contributed by atoms with E-state index in [-0.39, 0.29) is 0 Å². The Bertz CT molecular complexity index is 220. The molecule has 1 atom stereocenters. The number of hydrogen-bond donors (Lipinski definition) is 1. The molecule has 19 heavy (non-hydrogen) atoms. The Hall–Kier alpha value is -0.120. The van der Waals surface area contributed by atoms with Gasteiger partial charge in [-0.15, -0.1) is 0 Å². The maximum Gasteiger partial charge on any atom is 0.0217 e. The van der Waals surface area contributed by atoms with Gasteiger partial charge in [0, 0.05) is 45.3 Å². The van der Waals surface area contributed by atoms with Gasteiger partial charge < -0.3 is 10.2 Å². The van der Waals surface area contributed by atoms with Crippen LogP contribution in [0.25, 0.3) is 0 Å². The molecule has 0 bridgehead atoms. The molecule has 1 heterocycles. The van der Waals surface area contributed by atoms with E-state index in [2.05, 4.69) is 49.7 Å². The van der Waals surface area contributed by atoms with E-state index in [9.17, 15) is 0 Å². The molecule has 0 aromatic rings. The molecule has 0 aromatic carbocycles.